The van der Waals surface area contributed by atoms with Crippen molar-refractivity contribution in [1.82, 2.24) is 5.32 Å². The van der Waals surface area contributed by atoms with Gasteiger partial charge in [-0.3, -0.25) is 14.4 Å². The number of rotatable bonds is 7. The van der Waals surface area contributed by atoms with Crippen LogP contribution in [0.3, 0.4) is 0 Å². The SMILES string of the molecule is NC(=O)CCNC(=O)c1ccccc1NC(=O)CC12CC3CC(CC(Br)(C3)C1)C2. The van der Waals surface area contributed by atoms with E-state index in [1.807, 2.05) is 0 Å². The second kappa shape index (κ2) is 7.74. The van der Waals surface area contributed by atoms with Crippen LogP contribution in [-0.4, -0.2) is 28.6 Å². The molecule has 1 aromatic rings. The summed E-state index contributed by atoms with van der Waals surface area (Å²) in [6.07, 6.45) is 7.71. The van der Waals surface area contributed by atoms with Gasteiger partial charge in [0, 0.05) is 23.7 Å². The van der Waals surface area contributed by atoms with E-state index in [4.69, 9.17) is 5.73 Å². The van der Waals surface area contributed by atoms with E-state index in [0.29, 0.717) is 17.7 Å². The minimum atomic E-state index is -0.466. The van der Waals surface area contributed by atoms with Crippen LogP contribution in [0.4, 0.5) is 5.69 Å². The maximum atomic E-state index is 13.0. The molecule has 0 heterocycles. The molecular weight excluding hydrogens is 434 g/mol. The number of para-hydroxylation sites is 1. The van der Waals surface area contributed by atoms with Gasteiger partial charge in [0.05, 0.1) is 11.3 Å². The summed E-state index contributed by atoms with van der Waals surface area (Å²) < 4.78 is 0.218. The van der Waals surface area contributed by atoms with E-state index in [9.17, 15) is 14.4 Å². The zero-order chi connectivity index (χ0) is 20.6. The molecule has 4 aliphatic carbocycles. The number of nitrogens with one attached hydrogen (secondary N) is 2. The van der Waals surface area contributed by atoms with Crippen molar-refractivity contribution in [1.29, 1.82) is 0 Å². The van der Waals surface area contributed by atoms with Crippen LogP contribution in [0.25, 0.3) is 0 Å². The molecule has 2 atom stereocenters. The van der Waals surface area contributed by atoms with Gasteiger partial charge in [-0.25, -0.2) is 0 Å². The Balaban J connectivity index is 1.42. The molecule has 0 radical (unpaired) electrons. The van der Waals surface area contributed by atoms with Gasteiger partial charge in [-0.15, -0.1) is 0 Å². The number of amides is 3. The van der Waals surface area contributed by atoms with E-state index in [1.54, 1.807) is 24.3 Å². The number of hydrogen-bond donors (Lipinski definition) is 3. The average molecular weight is 462 g/mol. The lowest BCUT2D eigenvalue weighted by Gasteiger charge is -2.60. The van der Waals surface area contributed by atoms with E-state index in [-0.39, 0.29) is 34.5 Å². The molecule has 2 unspecified atom stereocenters. The number of carbonyl (C=O) groups is 3. The van der Waals surface area contributed by atoms with Crippen molar-refractivity contribution in [3.8, 4) is 0 Å². The van der Waals surface area contributed by atoms with E-state index < -0.39 is 5.91 Å². The minimum Gasteiger partial charge on any atom is -0.370 e. The van der Waals surface area contributed by atoms with E-state index in [2.05, 4.69) is 26.6 Å². The Morgan fingerprint density at radius 3 is 2.45 bits per heavy atom. The lowest BCUT2D eigenvalue weighted by atomic mass is 9.48. The number of hydrogen-bond acceptors (Lipinski definition) is 3. The highest BCUT2D eigenvalue weighted by molar-refractivity contribution is 9.10. The van der Waals surface area contributed by atoms with Gasteiger partial charge in [0.2, 0.25) is 11.8 Å². The largest absolute Gasteiger partial charge is 0.370 e. The lowest BCUT2D eigenvalue weighted by Crippen LogP contribution is -2.53. The van der Waals surface area contributed by atoms with Gasteiger partial charge >= 0.3 is 0 Å². The third-order valence-electron chi connectivity index (χ3n) is 6.75. The quantitative estimate of drug-likeness (QED) is 0.542. The van der Waals surface area contributed by atoms with Crippen molar-refractivity contribution in [3.05, 3.63) is 29.8 Å². The molecule has 0 aromatic heterocycles. The Kier molecular flexibility index (Phi) is 5.44. The molecule has 4 N–H and O–H groups in total. The van der Waals surface area contributed by atoms with Gasteiger partial charge in [-0.1, -0.05) is 28.1 Å². The molecule has 1 aromatic carbocycles. The number of nitrogens with two attached hydrogens (primary N) is 1. The first kappa shape index (κ1) is 20.4. The lowest BCUT2D eigenvalue weighted by molar-refractivity contribution is -0.123. The first-order valence-electron chi connectivity index (χ1n) is 10.4. The van der Waals surface area contributed by atoms with E-state index in [0.717, 1.165) is 31.1 Å². The maximum Gasteiger partial charge on any atom is 0.253 e. The molecule has 0 aliphatic heterocycles. The third-order valence-corrected chi connectivity index (χ3v) is 7.68. The van der Waals surface area contributed by atoms with E-state index in [1.165, 1.54) is 19.3 Å². The van der Waals surface area contributed by atoms with Crippen LogP contribution < -0.4 is 16.4 Å². The Hall–Kier alpha value is -1.89. The molecule has 4 aliphatic rings. The van der Waals surface area contributed by atoms with Crippen LogP contribution >= 0.6 is 15.9 Å². The second-order valence-corrected chi connectivity index (χ2v) is 11.0. The zero-order valence-corrected chi connectivity index (χ0v) is 18.1. The van der Waals surface area contributed by atoms with E-state index >= 15 is 0 Å². The molecule has 29 heavy (non-hydrogen) atoms. The predicted octanol–water partition coefficient (Wildman–Crippen LogP) is 3.35. The number of alkyl halides is 1. The topological polar surface area (TPSA) is 101 Å². The van der Waals surface area contributed by atoms with Crippen molar-refractivity contribution >= 4 is 39.3 Å². The molecule has 4 bridgehead atoms. The summed E-state index contributed by atoms with van der Waals surface area (Å²) in [4.78, 5) is 36.3. The van der Waals surface area contributed by atoms with Crippen LogP contribution in [0, 0.1) is 17.3 Å². The van der Waals surface area contributed by atoms with Gasteiger partial charge < -0.3 is 16.4 Å². The minimum absolute atomic E-state index is 0.0274. The molecule has 5 rings (SSSR count). The fourth-order valence-electron chi connectivity index (χ4n) is 6.26. The van der Waals surface area contributed by atoms with Crippen LogP contribution in [-0.2, 0) is 9.59 Å². The smallest absolute Gasteiger partial charge is 0.253 e. The summed E-state index contributed by atoms with van der Waals surface area (Å²) in [7, 11) is 0. The molecule has 0 spiro atoms. The molecule has 4 saturated carbocycles. The van der Waals surface area contributed by atoms with Gasteiger partial charge in [-0.05, 0) is 67.9 Å². The second-order valence-electron chi connectivity index (χ2n) is 9.35. The van der Waals surface area contributed by atoms with Crippen LogP contribution in [0.2, 0.25) is 0 Å². The van der Waals surface area contributed by atoms with Gasteiger partial charge in [0.15, 0.2) is 0 Å². The summed E-state index contributed by atoms with van der Waals surface area (Å²) >= 11 is 4.00. The van der Waals surface area contributed by atoms with Gasteiger partial charge in [-0.2, -0.15) is 0 Å². The van der Waals surface area contributed by atoms with Crippen molar-refractivity contribution in [2.75, 3.05) is 11.9 Å². The summed E-state index contributed by atoms with van der Waals surface area (Å²) in [5.74, 6) is 0.641. The molecule has 7 heteroatoms. The molecule has 4 fully saturated rings. The predicted molar refractivity (Wildman–Crippen MR) is 115 cm³/mol. The van der Waals surface area contributed by atoms with Crippen molar-refractivity contribution < 1.29 is 14.4 Å². The first-order chi connectivity index (χ1) is 13.8. The number of carbonyl (C=O) groups excluding carboxylic acids is 3. The van der Waals surface area contributed by atoms with Crippen LogP contribution in [0.15, 0.2) is 24.3 Å². The Morgan fingerprint density at radius 2 is 1.79 bits per heavy atom. The Labute approximate surface area is 179 Å². The Morgan fingerprint density at radius 1 is 1.10 bits per heavy atom. The number of benzene rings is 1. The molecule has 156 valence electrons. The van der Waals surface area contributed by atoms with Gasteiger partial charge in [0.25, 0.3) is 5.91 Å². The molecule has 3 amide bonds. The average Bonchev–Trinajstić information content (AvgIpc) is 2.59. The van der Waals surface area contributed by atoms with Crippen LogP contribution in [0.5, 0.6) is 0 Å². The van der Waals surface area contributed by atoms with Gasteiger partial charge in [0.1, 0.15) is 0 Å². The highest BCUT2D eigenvalue weighted by Crippen LogP contribution is 2.65. The fourth-order valence-corrected chi connectivity index (χ4v) is 7.77. The summed E-state index contributed by atoms with van der Waals surface area (Å²) in [5, 5.41) is 5.65. The molecule has 6 nitrogen and oxygen atoms in total. The molecule has 0 saturated heterocycles. The number of halogens is 1. The zero-order valence-electron chi connectivity index (χ0n) is 16.5. The number of anilines is 1. The third kappa shape index (κ3) is 4.49. The summed E-state index contributed by atoms with van der Waals surface area (Å²) in [5.41, 5.74) is 6.10. The standard InChI is InChI=1S/C22H28BrN3O3/c23-22-10-14-7-15(11-22)9-21(8-14,13-22)12-19(28)26-17-4-2-1-3-16(17)20(29)25-6-5-18(24)27/h1-4,14-15H,5-13H2,(H2,24,27)(H,25,29)(H,26,28). The first-order valence-corrected chi connectivity index (χ1v) is 11.2. The van der Waals surface area contributed by atoms with Crippen molar-refractivity contribution in [2.24, 2.45) is 23.0 Å². The number of primary amides is 1. The van der Waals surface area contributed by atoms with Crippen molar-refractivity contribution in [3.63, 3.8) is 0 Å². The highest BCUT2D eigenvalue weighted by atomic mass is 79.9. The maximum absolute atomic E-state index is 13.0. The Bertz CT molecular complexity index is 826. The fraction of sp³-hybridized carbons (Fsp3) is 0.591. The monoisotopic (exact) mass is 461 g/mol. The summed E-state index contributed by atoms with van der Waals surface area (Å²) in [6.45, 7) is 0.176. The van der Waals surface area contributed by atoms with Crippen LogP contribution in [0.1, 0.15) is 61.7 Å². The molecular formula is C22H28BrN3O3. The highest BCUT2D eigenvalue weighted by Gasteiger charge is 2.57. The summed E-state index contributed by atoms with van der Waals surface area (Å²) in [6, 6.07) is 6.97. The normalized spacial score (nSPS) is 32.0. The van der Waals surface area contributed by atoms with Crippen molar-refractivity contribution in [2.45, 2.75) is 55.7 Å².